The highest BCUT2D eigenvalue weighted by Gasteiger charge is 2.32. The molecule has 0 aliphatic heterocycles. The zero-order valence-electron chi connectivity index (χ0n) is 11.4. The summed E-state index contributed by atoms with van der Waals surface area (Å²) in [5, 5.41) is 13.2. The first-order valence-electron chi connectivity index (χ1n) is 6.91. The number of rotatable bonds is 4. The molecular formula is C15H24N2O. The molecule has 18 heavy (non-hydrogen) atoms. The Morgan fingerprint density at radius 2 is 2.11 bits per heavy atom. The minimum Gasteiger partial charge on any atom is -0.394 e. The smallest absolute Gasteiger partial charge is 0.0613 e. The van der Waals surface area contributed by atoms with Gasteiger partial charge in [0.25, 0.3) is 0 Å². The average molecular weight is 248 g/mol. The molecule has 1 aromatic rings. The van der Waals surface area contributed by atoms with Gasteiger partial charge in [0.1, 0.15) is 0 Å². The fourth-order valence-electron chi connectivity index (χ4n) is 2.59. The Morgan fingerprint density at radius 1 is 1.39 bits per heavy atom. The molecule has 2 N–H and O–H groups in total. The first-order valence-corrected chi connectivity index (χ1v) is 6.91. The highest BCUT2D eigenvalue weighted by Crippen LogP contribution is 2.31. The Kier molecular flexibility index (Phi) is 4.36. The number of aryl methyl sites for hydroxylation is 1. The van der Waals surface area contributed by atoms with E-state index in [-0.39, 0.29) is 12.1 Å². The van der Waals surface area contributed by atoms with Crippen LogP contribution in [0, 0.1) is 12.8 Å². The van der Waals surface area contributed by atoms with Gasteiger partial charge in [-0.1, -0.05) is 13.0 Å². The number of nitrogens with zero attached hydrogens (tertiary/aromatic N) is 1. The van der Waals surface area contributed by atoms with Crippen molar-refractivity contribution in [3.8, 4) is 0 Å². The molecule has 1 heterocycles. The zero-order chi connectivity index (χ0) is 13.0. The van der Waals surface area contributed by atoms with Crippen LogP contribution in [0.15, 0.2) is 18.3 Å². The van der Waals surface area contributed by atoms with E-state index in [0.29, 0.717) is 0 Å². The van der Waals surface area contributed by atoms with Gasteiger partial charge in [-0.15, -0.1) is 0 Å². The van der Waals surface area contributed by atoms with E-state index in [2.05, 4.69) is 29.4 Å². The Morgan fingerprint density at radius 3 is 2.67 bits per heavy atom. The predicted molar refractivity (Wildman–Crippen MR) is 73.3 cm³/mol. The van der Waals surface area contributed by atoms with Crippen molar-refractivity contribution in [1.29, 1.82) is 0 Å². The molecule has 1 fully saturated rings. The van der Waals surface area contributed by atoms with Crippen LogP contribution in [-0.2, 0) is 6.54 Å². The van der Waals surface area contributed by atoms with Crippen molar-refractivity contribution in [3.63, 3.8) is 0 Å². The van der Waals surface area contributed by atoms with Crippen LogP contribution in [0.3, 0.4) is 0 Å². The Bertz CT molecular complexity index is 367. The molecule has 0 unspecified atom stereocenters. The van der Waals surface area contributed by atoms with Crippen molar-refractivity contribution in [2.75, 3.05) is 6.61 Å². The molecule has 0 atom stereocenters. The predicted octanol–water partition coefficient (Wildman–Crippen LogP) is 2.42. The van der Waals surface area contributed by atoms with E-state index in [4.69, 9.17) is 0 Å². The van der Waals surface area contributed by atoms with Gasteiger partial charge in [0.15, 0.2) is 0 Å². The van der Waals surface area contributed by atoms with Crippen LogP contribution >= 0.6 is 0 Å². The van der Waals surface area contributed by atoms with Crippen molar-refractivity contribution in [3.05, 3.63) is 29.6 Å². The van der Waals surface area contributed by atoms with Gasteiger partial charge in [0.2, 0.25) is 0 Å². The van der Waals surface area contributed by atoms with Crippen molar-refractivity contribution >= 4 is 0 Å². The second-order valence-electron chi connectivity index (χ2n) is 5.80. The lowest BCUT2D eigenvalue weighted by atomic mass is 9.77. The molecule has 100 valence electrons. The number of aliphatic hydroxyl groups is 1. The van der Waals surface area contributed by atoms with E-state index >= 15 is 0 Å². The van der Waals surface area contributed by atoms with Crippen molar-refractivity contribution in [1.82, 2.24) is 10.3 Å². The average Bonchev–Trinajstić information content (AvgIpc) is 2.41. The van der Waals surface area contributed by atoms with Gasteiger partial charge in [-0.25, -0.2) is 0 Å². The van der Waals surface area contributed by atoms with Gasteiger partial charge < -0.3 is 10.4 Å². The van der Waals surface area contributed by atoms with Crippen LogP contribution in [0.2, 0.25) is 0 Å². The first-order chi connectivity index (χ1) is 8.63. The Hall–Kier alpha value is -0.930. The molecule has 0 radical (unpaired) electrons. The van der Waals surface area contributed by atoms with Crippen LogP contribution < -0.4 is 5.32 Å². The summed E-state index contributed by atoms with van der Waals surface area (Å²) in [6.45, 7) is 5.31. The second-order valence-corrected chi connectivity index (χ2v) is 5.80. The summed E-state index contributed by atoms with van der Waals surface area (Å²) in [6.07, 6.45) is 6.43. The van der Waals surface area contributed by atoms with Crippen LogP contribution in [0.4, 0.5) is 0 Å². The van der Waals surface area contributed by atoms with Crippen molar-refractivity contribution in [2.24, 2.45) is 5.92 Å². The minimum atomic E-state index is -0.0842. The second kappa shape index (κ2) is 5.81. The largest absolute Gasteiger partial charge is 0.394 e. The number of aliphatic hydroxyl groups excluding tert-OH is 1. The van der Waals surface area contributed by atoms with E-state index in [9.17, 15) is 5.11 Å². The standard InChI is InChI=1S/C15H24N2O/c1-12-5-7-15(11-18,8-6-12)17-10-14-4-3-13(2)9-16-14/h3-4,9,12,17-18H,5-8,10-11H2,1-2H3. The number of aromatic nitrogens is 1. The number of nitrogens with one attached hydrogen (secondary N) is 1. The van der Waals surface area contributed by atoms with Crippen LogP contribution in [0.1, 0.15) is 43.9 Å². The maximum absolute atomic E-state index is 9.67. The molecule has 0 aromatic carbocycles. The maximum atomic E-state index is 9.67. The molecule has 1 aliphatic carbocycles. The quantitative estimate of drug-likeness (QED) is 0.860. The van der Waals surface area contributed by atoms with Crippen LogP contribution in [0.5, 0.6) is 0 Å². The summed E-state index contributed by atoms with van der Waals surface area (Å²) in [7, 11) is 0. The van der Waals surface area contributed by atoms with Crippen molar-refractivity contribution in [2.45, 2.75) is 51.6 Å². The van der Waals surface area contributed by atoms with E-state index < -0.39 is 0 Å². The van der Waals surface area contributed by atoms with Gasteiger partial charge in [-0.2, -0.15) is 0 Å². The Labute approximate surface area is 110 Å². The van der Waals surface area contributed by atoms with Gasteiger partial charge in [0.05, 0.1) is 12.3 Å². The van der Waals surface area contributed by atoms with E-state index in [1.165, 1.54) is 18.4 Å². The van der Waals surface area contributed by atoms with E-state index in [1.807, 2.05) is 13.1 Å². The summed E-state index contributed by atoms with van der Waals surface area (Å²) < 4.78 is 0. The summed E-state index contributed by atoms with van der Waals surface area (Å²) in [6, 6.07) is 4.14. The first kappa shape index (κ1) is 13.5. The molecule has 1 saturated carbocycles. The van der Waals surface area contributed by atoms with Crippen molar-refractivity contribution < 1.29 is 5.11 Å². The third kappa shape index (κ3) is 3.30. The van der Waals surface area contributed by atoms with E-state index in [0.717, 1.165) is 31.0 Å². The van der Waals surface area contributed by atoms with E-state index in [1.54, 1.807) is 0 Å². The normalized spacial score (nSPS) is 28.3. The minimum absolute atomic E-state index is 0.0842. The number of pyridine rings is 1. The molecule has 2 rings (SSSR count). The molecule has 0 bridgehead atoms. The molecular weight excluding hydrogens is 224 g/mol. The van der Waals surface area contributed by atoms with Crippen LogP contribution in [0.25, 0.3) is 0 Å². The lowest BCUT2D eigenvalue weighted by molar-refractivity contribution is 0.104. The molecule has 0 saturated heterocycles. The molecule has 3 heteroatoms. The molecule has 0 amide bonds. The highest BCUT2D eigenvalue weighted by atomic mass is 16.3. The third-order valence-electron chi connectivity index (χ3n) is 4.15. The lowest BCUT2D eigenvalue weighted by Crippen LogP contribution is -2.50. The fraction of sp³-hybridized carbons (Fsp3) is 0.667. The van der Waals surface area contributed by atoms with Gasteiger partial charge in [-0.3, -0.25) is 4.98 Å². The van der Waals surface area contributed by atoms with Gasteiger partial charge >= 0.3 is 0 Å². The molecule has 3 nitrogen and oxygen atoms in total. The third-order valence-corrected chi connectivity index (χ3v) is 4.15. The molecule has 0 spiro atoms. The zero-order valence-corrected chi connectivity index (χ0v) is 11.4. The number of hydrogen-bond donors (Lipinski definition) is 2. The summed E-state index contributed by atoms with van der Waals surface area (Å²) in [4.78, 5) is 4.40. The fourth-order valence-corrected chi connectivity index (χ4v) is 2.59. The lowest BCUT2D eigenvalue weighted by Gasteiger charge is -2.39. The number of hydrogen-bond acceptors (Lipinski definition) is 3. The monoisotopic (exact) mass is 248 g/mol. The summed E-state index contributed by atoms with van der Waals surface area (Å²) in [5.41, 5.74) is 2.15. The summed E-state index contributed by atoms with van der Waals surface area (Å²) in [5.74, 6) is 0.795. The van der Waals surface area contributed by atoms with Crippen LogP contribution in [-0.4, -0.2) is 22.2 Å². The van der Waals surface area contributed by atoms with Gasteiger partial charge in [0, 0.05) is 18.3 Å². The van der Waals surface area contributed by atoms with Gasteiger partial charge in [-0.05, 0) is 50.2 Å². The molecule has 1 aliphatic rings. The topological polar surface area (TPSA) is 45.1 Å². The maximum Gasteiger partial charge on any atom is 0.0613 e. The summed E-state index contributed by atoms with van der Waals surface area (Å²) >= 11 is 0. The SMILES string of the molecule is Cc1ccc(CNC2(CO)CCC(C)CC2)nc1. The Balaban J connectivity index is 1.92. The highest BCUT2D eigenvalue weighted by molar-refractivity contribution is 5.12. The molecule has 1 aromatic heterocycles.